The van der Waals surface area contributed by atoms with E-state index in [1.807, 2.05) is 42.5 Å². The number of alkyl halides is 1. The van der Waals surface area contributed by atoms with Crippen LogP contribution in [0, 0.1) is 5.82 Å². The third kappa shape index (κ3) is 7.19. The molecule has 0 fully saturated rings. The molecule has 186 valence electrons. The summed E-state index contributed by atoms with van der Waals surface area (Å²) >= 11 is 2.25. The number of benzene rings is 3. The number of hydrogen-bond acceptors (Lipinski definition) is 4. The molecule has 0 saturated heterocycles. The van der Waals surface area contributed by atoms with Crippen molar-refractivity contribution in [3.63, 3.8) is 0 Å². The van der Waals surface area contributed by atoms with Gasteiger partial charge in [0.25, 0.3) is 0 Å². The monoisotopic (exact) mass is 590 g/mol. The molecule has 3 aromatic carbocycles. The molecule has 6 heteroatoms. The van der Waals surface area contributed by atoms with Crippen LogP contribution in [-0.4, -0.2) is 19.7 Å². The number of carbonyl (C=O) groups excluding carboxylic acids is 1. The molecule has 0 radical (unpaired) electrons. The lowest BCUT2D eigenvalue weighted by Crippen LogP contribution is -2.13. The fourth-order valence-electron chi connectivity index (χ4n) is 3.82. The van der Waals surface area contributed by atoms with E-state index in [1.54, 1.807) is 26.2 Å². The highest BCUT2D eigenvalue weighted by Crippen LogP contribution is 2.37. The van der Waals surface area contributed by atoms with E-state index in [9.17, 15) is 9.18 Å². The molecular formula is C29H32FIO4. The zero-order chi connectivity index (χ0) is 25.6. The van der Waals surface area contributed by atoms with E-state index in [-0.39, 0.29) is 21.1 Å². The van der Waals surface area contributed by atoms with Crippen molar-refractivity contribution in [3.05, 3.63) is 83.2 Å². The summed E-state index contributed by atoms with van der Waals surface area (Å²) in [6.45, 7) is 8.88. The molecule has 3 aromatic rings. The summed E-state index contributed by atoms with van der Waals surface area (Å²) < 4.78 is 31.3. The Morgan fingerprint density at radius 2 is 1.66 bits per heavy atom. The second-order valence-corrected chi connectivity index (χ2v) is 10.8. The molecule has 0 unspecified atom stereocenters. The Labute approximate surface area is 220 Å². The largest absolute Gasteiger partial charge is 0.497 e. The van der Waals surface area contributed by atoms with Gasteiger partial charge in [-0.2, -0.15) is 0 Å². The molecule has 0 heterocycles. The van der Waals surface area contributed by atoms with Gasteiger partial charge in [-0.05, 0) is 71.0 Å². The molecular weight excluding hydrogens is 558 g/mol. The Bertz CT molecular complexity index is 1150. The Morgan fingerprint density at radius 3 is 2.29 bits per heavy atom. The van der Waals surface area contributed by atoms with E-state index in [2.05, 4.69) is 43.4 Å². The van der Waals surface area contributed by atoms with Gasteiger partial charge in [0.1, 0.15) is 23.9 Å². The normalized spacial score (nSPS) is 12.2. The highest BCUT2D eigenvalue weighted by atomic mass is 127. The molecule has 0 saturated carbocycles. The second-order valence-electron chi connectivity index (χ2n) is 9.31. The summed E-state index contributed by atoms with van der Waals surface area (Å²) in [6.07, 6.45) is 0.332. The molecule has 0 bridgehead atoms. The van der Waals surface area contributed by atoms with Crippen molar-refractivity contribution in [1.82, 2.24) is 0 Å². The number of halogens is 2. The molecule has 3 rings (SSSR count). The Morgan fingerprint density at radius 1 is 0.971 bits per heavy atom. The van der Waals surface area contributed by atoms with E-state index in [4.69, 9.17) is 14.2 Å². The lowest BCUT2D eigenvalue weighted by Gasteiger charge is -2.24. The SMILES string of the molecule is CCOC(=O)C[C@@H](I)c1ccc(OCc2ccc(C(C)(C)C)c(-c3cc(OC)ccc3F)c2)cc1. The molecule has 4 nitrogen and oxygen atoms in total. The molecule has 0 aromatic heterocycles. The number of esters is 1. The van der Waals surface area contributed by atoms with Crippen LogP contribution in [0.15, 0.2) is 60.7 Å². The predicted octanol–water partition coefficient (Wildman–Crippen LogP) is 7.81. The van der Waals surface area contributed by atoms with Gasteiger partial charge in [-0.1, -0.05) is 67.6 Å². The number of carbonyl (C=O) groups is 1. The Kier molecular flexibility index (Phi) is 9.16. The lowest BCUT2D eigenvalue weighted by molar-refractivity contribution is -0.143. The maximum absolute atomic E-state index is 14.9. The van der Waals surface area contributed by atoms with E-state index < -0.39 is 0 Å². The molecule has 1 atom stereocenters. The van der Waals surface area contributed by atoms with Crippen molar-refractivity contribution in [3.8, 4) is 22.6 Å². The van der Waals surface area contributed by atoms with Gasteiger partial charge >= 0.3 is 5.97 Å². The van der Waals surface area contributed by atoms with Crippen molar-refractivity contribution in [2.45, 2.75) is 50.1 Å². The first-order chi connectivity index (χ1) is 16.6. The zero-order valence-corrected chi connectivity index (χ0v) is 23.0. The third-order valence-corrected chi connectivity index (χ3v) is 6.81. The second kappa shape index (κ2) is 11.9. The van der Waals surface area contributed by atoms with Gasteiger partial charge in [0.05, 0.1) is 20.1 Å². The average Bonchev–Trinajstić information content (AvgIpc) is 2.82. The van der Waals surface area contributed by atoms with Gasteiger partial charge in [0.15, 0.2) is 0 Å². The molecule has 35 heavy (non-hydrogen) atoms. The smallest absolute Gasteiger partial charge is 0.307 e. The Balaban J connectivity index is 1.79. The summed E-state index contributed by atoms with van der Waals surface area (Å²) in [6, 6.07) is 18.6. The van der Waals surface area contributed by atoms with Crippen LogP contribution in [-0.2, 0) is 21.6 Å². The van der Waals surface area contributed by atoms with Gasteiger partial charge in [-0.15, -0.1) is 0 Å². The standard InChI is InChI=1S/C29H32FIO4/c1-6-34-28(32)17-27(31)20-8-10-21(11-9-20)35-18-19-7-13-25(29(2,3)4)23(15-19)24-16-22(33-5)12-14-26(24)30/h7-16,27H,6,17-18H2,1-5H3/t27-/m1/s1. The number of hydrogen-bond donors (Lipinski definition) is 0. The summed E-state index contributed by atoms with van der Waals surface area (Å²) in [5, 5.41) is 0. The van der Waals surface area contributed by atoms with E-state index in [1.165, 1.54) is 6.07 Å². The van der Waals surface area contributed by atoms with Crippen molar-refractivity contribution in [2.75, 3.05) is 13.7 Å². The Hall–Kier alpha value is -2.61. The lowest BCUT2D eigenvalue weighted by atomic mass is 9.81. The molecule has 0 aliphatic carbocycles. The van der Waals surface area contributed by atoms with Crippen LogP contribution in [0.2, 0.25) is 0 Å². The van der Waals surface area contributed by atoms with Crippen LogP contribution in [0.25, 0.3) is 11.1 Å². The first-order valence-electron chi connectivity index (χ1n) is 11.6. The average molecular weight is 590 g/mol. The van der Waals surface area contributed by atoms with Crippen molar-refractivity contribution < 1.29 is 23.4 Å². The fraction of sp³-hybridized carbons (Fsp3) is 0.345. The van der Waals surface area contributed by atoms with Crippen molar-refractivity contribution >= 4 is 28.6 Å². The molecule has 0 spiro atoms. The number of rotatable bonds is 9. The van der Waals surface area contributed by atoms with Crippen LogP contribution in [0.3, 0.4) is 0 Å². The van der Waals surface area contributed by atoms with Crippen LogP contribution in [0.5, 0.6) is 11.5 Å². The van der Waals surface area contributed by atoms with Crippen LogP contribution >= 0.6 is 22.6 Å². The fourth-order valence-corrected chi connectivity index (χ4v) is 4.59. The maximum atomic E-state index is 14.9. The zero-order valence-electron chi connectivity index (χ0n) is 20.9. The van der Waals surface area contributed by atoms with Crippen LogP contribution < -0.4 is 9.47 Å². The highest BCUT2D eigenvalue weighted by Gasteiger charge is 2.21. The molecule has 0 aliphatic heterocycles. The van der Waals surface area contributed by atoms with Crippen LogP contribution in [0.4, 0.5) is 4.39 Å². The minimum Gasteiger partial charge on any atom is -0.497 e. The van der Waals surface area contributed by atoms with E-state index in [0.717, 1.165) is 28.0 Å². The topological polar surface area (TPSA) is 44.8 Å². The minimum absolute atomic E-state index is 0.0333. The number of ether oxygens (including phenoxy) is 3. The van der Waals surface area contributed by atoms with E-state index >= 15 is 0 Å². The van der Waals surface area contributed by atoms with Crippen molar-refractivity contribution in [2.24, 2.45) is 0 Å². The summed E-state index contributed by atoms with van der Waals surface area (Å²) in [7, 11) is 1.58. The quantitative estimate of drug-likeness (QED) is 0.145. The molecule has 0 aliphatic rings. The van der Waals surface area contributed by atoms with Gasteiger partial charge in [-0.3, -0.25) is 4.79 Å². The minimum atomic E-state index is -0.291. The van der Waals surface area contributed by atoms with Crippen LogP contribution in [0.1, 0.15) is 54.7 Å². The predicted molar refractivity (Wildman–Crippen MR) is 146 cm³/mol. The summed E-state index contributed by atoms with van der Waals surface area (Å²) in [5.41, 5.74) is 4.20. The first kappa shape index (κ1) is 27.0. The first-order valence-corrected chi connectivity index (χ1v) is 12.9. The van der Waals surface area contributed by atoms with Gasteiger partial charge in [0.2, 0.25) is 0 Å². The number of methoxy groups -OCH3 is 1. The maximum Gasteiger partial charge on any atom is 0.307 e. The van der Waals surface area contributed by atoms with Gasteiger partial charge < -0.3 is 14.2 Å². The van der Waals surface area contributed by atoms with Crippen molar-refractivity contribution in [1.29, 1.82) is 0 Å². The summed E-state index contributed by atoms with van der Waals surface area (Å²) in [5.74, 6) is 0.845. The van der Waals surface area contributed by atoms with E-state index in [0.29, 0.717) is 30.9 Å². The molecule has 0 amide bonds. The third-order valence-electron chi connectivity index (χ3n) is 5.65. The van der Waals surface area contributed by atoms with Gasteiger partial charge in [-0.25, -0.2) is 4.39 Å². The highest BCUT2D eigenvalue weighted by molar-refractivity contribution is 14.1. The van der Waals surface area contributed by atoms with Gasteiger partial charge in [0, 0.05) is 9.49 Å². The summed E-state index contributed by atoms with van der Waals surface area (Å²) in [4.78, 5) is 11.7. The molecule has 0 N–H and O–H groups in total.